The van der Waals surface area contributed by atoms with Crippen molar-refractivity contribution in [2.24, 2.45) is 0 Å². The molecule has 0 aliphatic rings. The van der Waals surface area contributed by atoms with Crippen LogP contribution in [0.4, 0.5) is 5.69 Å². The van der Waals surface area contributed by atoms with Crippen molar-refractivity contribution < 1.29 is 4.79 Å². The molecule has 2 N–H and O–H groups in total. The third-order valence-corrected chi connectivity index (χ3v) is 3.37. The quantitative estimate of drug-likeness (QED) is 0.877. The number of hydrogen-bond donors (Lipinski definition) is 2. The van der Waals surface area contributed by atoms with Gasteiger partial charge in [0.2, 0.25) is 5.91 Å². The lowest BCUT2D eigenvalue weighted by Gasteiger charge is -2.24. The van der Waals surface area contributed by atoms with Gasteiger partial charge in [0.05, 0.1) is 6.54 Å². The molecule has 1 rings (SSSR count). The van der Waals surface area contributed by atoms with Crippen LogP contribution in [-0.2, 0) is 4.79 Å². The highest BCUT2D eigenvalue weighted by Crippen LogP contribution is 2.20. The Balaban J connectivity index is 2.47. The van der Waals surface area contributed by atoms with Crippen LogP contribution in [0.5, 0.6) is 0 Å². The number of para-hydroxylation sites is 1. The van der Waals surface area contributed by atoms with Crippen LogP contribution in [0.25, 0.3) is 0 Å². The van der Waals surface area contributed by atoms with Crippen molar-refractivity contribution in [3.63, 3.8) is 0 Å². The highest BCUT2D eigenvalue weighted by atomic mass is 79.9. The Morgan fingerprint density at radius 1 is 1.35 bits per heavy atom. The average molecular weight is 299 g/mol. The Bertz CT molecular complexity index is 391. The molecule has 0 unspecified atom stereocenters. The van der Waals surface area contributed by atoms with Gasteiger partial charge in [-0.3, -0.25) is 4.79 Å². The molecule has 0 atom stereocenters. The molecule has 1 amide bonds. The number of benzene rings is 1. The second-order valence-electron chi connectivity index (χ2n) is 4.62. The Hall–Kier alpha value is -1.03. The fourth-order valence-corrected chi connectivity index (χ4v) is 1.72. The van der Waals surface area contributed by atoms with Crippen LogP contribution in [0.15, 0.2) is 28.7 Å². The lowest BCUT2D eigenvalue weighted by atomic mass is 10.0. The topological polar surface area (TPSA) is 41.1 Å². The second-order valence-corrected chi connectivity index (χ2v) is 5.47. The fraction of sp³-hybridized carbons (Fsp3) is 0.462. The minimum absolute atomic E-state index is 0.00704. The molecule has 0 saturated carbocycles. The molecular formula is C13H19BrN2O. The maximum absolute atomic E-state index is 11.7. The van der Waals surface area contributed by atoms with E-state index in [4.69, 9.17) is 0 Å². The molecule has 0 fully saturated rings. The molecule has 0 bridgehead atoms. The van der Waals surface area contributed by atoms with Gasteiger partial charge < -0.3 is 10.6 Å². The molecular weight excluding hydrogens is 280 g/mol. The highest BCUT2D eigenvalue weighted by molar-refractivity contribution is 9.10. The minimum atomic E-state index is -0.146. The van der Waals surface area contributed by atoms with E-state index in [1.165, 1.54) is 0 Å². The number of amides is 1. The van der Waals surface area contributed by atoms with Gasteiger partial charge in [-0.15, -0.1) is 0 Å². The standard InChI is InChI=1S/C13H19BrN2O/c1-4-13(2,3)16-12(17)9-15-11-8-6-5-7-10(11)14/h5-8,15H,4,9H2,1-3H3,(H,16,17). The van der Waals surface area contributed by atoms with E-state index in [-0.39, 0.29) is 18.0 Å². The zero-order valence-corrected chi connectivity index (χ0v) is 12.1. The molecule has 0 heterocycles. The van der Waals surface area contributed by atoms with E-state index < -0.39 is 0 Å². The lowest BCUT2D eigenvalue weighted by molar-refractivity contribution is -0.121. The molecule has 0 aliphatic carbocycles. The highest BCUT2D eigenvalue weighted by Gasteiger charge is 2.17. The normalized spacial score (nSPS) is 11.1. The fourth-order valence-electron chi connectivity index (χ4n) is 1.29. The van der Waals surface area contributed by atoms with Gasteiger partial charge in [-0.2, -0.15) is 0 Å². The Morgan fingerprint density at radius 3 is 2.59 bits per heavy atom. The predicted octanol–water partition coefficient (Wildman–Crippen LogP) is 3.17. The number of carbonyl (C=O) groups excluding carboxylic acids is 1. The van der Waals surface area contributed by atoms with Crippen LogP contribution >= 0.6 is 15.9 Å². The number of halogens is 1. The SMILES string of the molecule is CCC(C)(C)NC(=O)CNc1ccccc1Br. The summed E-state index contributed by atoms with van der Waals surface area (Å²) in [4.78, 5) is 11.7. The number of nitrogens with one attached hydrogen (secondary N) is 2. The maximum Gasteiger partial charge on any atom is 0.239 e. The molecule has 4 heteroatoms. The number of carbonyl (C=O) groups is 1. The maximum atomic E-state index is 11.7. The van der Waals surface area contributed by atoms with Crippen molar-refractivity contribution in [3.8, 4) is 0 Å². The second kappa shape index (κ2) is 6.05. The number of anilines is 1. The van der Waals surface area contributed by atoms with Crippen LogP contribution in [0.3, 0.4) is 0 Å². The van der Waals surface area contributed by atoms with Crippen molar-refractivity contribution in [2.45, 2.75) is 32.7 Å². The third kappa shape index (κ3) is 4.77. The van der Waals surface area contributed by atoms with Crippen molar-refractivity contribution >= 4 is 27.5 Å². The molecule has 0 spiro atoms. The summed E-state index contributed by atoms with van der Waals surface area (Å²) in [5.74, 6) is 0.00704. The van der Waals surface area contributed by atoms with Gasteiger partial charge in [0.1, 0.15) is 0 Å². The summed E-state index contributed by atoms with van der Waals surface area (Å²) < 4.78 is 0.961. The first kappa shape index (κ1) is 14.0. The molecule has 0 aromatic heterocycles. The number of hydrogen-bond acceptors (Lipinski definition) is 2. The summed E-state index contributed by atoms with van der Waals surface area (Å²) in [6.45, 7) is 6.38. The van der Waals surface area contributed by atoms with Gasteiger partial charge >= 0.3 is 0 Å². The van der Waals surface area contributed by atoms with Gasteiger partial charge in [0, 0.05) is 15.7 Å². The lowest BCUT2D eigenvalue weighted by Crippen LogP contribution is -2.45. The molecule has 0 saturated heterocycles. The number of rotatable bonds is 5. The monoisotopic (exact) mass is 298 g/mol. The van der Waals surface area contributed by atoms with Gasteiger partial charge in [-0.25, -0.2) is 0 Å². The van der Waals surface area contributed by atoms with E-state index in [0.717, 1.165) is 16.6 Å². The van der Waals surface area contributed by atoms with Crippen LogP contribution in [0.1, 0.15) is 27.2 Å². The van der Waals surface area contributed by atoms with E-state index in [1.807, 2.05) is 38.1 Å². The smallest absolute Gasteiger partial charge is 0.239 e. The first-order valence-corrected chi connectivity index (χ1v) is 6.53. The van der Waals surface area contributed by atoms with E-state index in [0.29, 0.717) is 0 Å². The summed E-state index contributed by atoms with van der Waals surface area (Å²) in [7, 11) is 0. The van der Waals surface area contributed by atoms with Crippen LogP contribution in [0.2, 0.25) is 0 Å². The van der Waals surface area contributed by atoms with Crippen LogP contribution in [-0.4, -0.2) is 18.0 Å². The van der Waals surface area contributed by atoms with Crippen molar-refractivity contribution in [1.82, 2.24) is 5.32 Å². The van der Waals surface area contributed by atoms with E-state index >= 15 is 0 Å². The summed E-state index contributed by atoms with van der Waals surface area (Å²) in [6.07, 6.45) is 0.910. The van der Waals surface area contributed by atoms with Crippen molar-refractivity contribution in [2.75, 3.05) is 11.9 Å². The van der Waals surface area contributed by atoms with Crippen molar-refractivity contribution in [1.29, 1.82) is 0 Å². The van der Waals surface area contributed by atoms with Crippen LogP contribution in [0, 0.1) is 0 Å². The molecule has 94 valence electrons. The van der Waals surface area contributed by atoms with E-state index in [9.17, 15) is 4.79 Å². The molecule has 17 heavy (non-hydrogen) atoms. The molecule has 0 radical (unpaired) electrons. The summed E-state index contributed by atoms with van der Waals surface area (Å²) in [6, 6.07) is 7.75. The van der Waals surface area contributed by atoms with E-state index in [1.54, 1.807) is 0 Å². The van der Waals surface area contributed by atoms with Gasteiger partial charge in [-0.1, -0.05) is 19.1 Å². The van der Waals surface area contributed by atoms with E-state index in [2.05, 4.69) is 33.5 Å². The molecule has 0 aliphatic heterocycles. The third-order valence-electron chi connectivity index (χ3n) is 2.67. The van der Waals surface area contributed by atoms with Gasteiger partial charge in [0.25, 0.3) is 0 Å². The Morgan fingerprint density at radius 2 is 2.00 bits per heavy atom. The Kier molecular flexibility index (Phi) is 5.00. The zero-order valence-electron chi connectivity index (χ0n) is 10.5. The largest absolute Gasteiger partial charge is 0.375 e. The molecule has 1 aromatic rings. The summed E-state index contributed by atoms with van der Waals surface area (Å²) in [5.41, 5.74) is 0.782. The van der Waals surface area contributed by atoms with Crippen molar-refractivity contribution in [3.05, 3.63) is 28.7 Å². The first-order chi connectivity index (χ1) is 7.94. The van der Waals surface area contributed by atoms with Crippen LogP contribution < -0.4 is 10.6 Å². The van der Waals surface area contributed by atoms with Gasteiger partial charge in [0.15, 0.2) is 0 Å². The minimum Gasteiger partial charge on any atom is -0.375 e. The Labute approximate surface area is 111 Å². The molecule has 3 nitrogen and oxygen atoms in total. The van der Waals surface area contributed by atoms with Gasteiger partial charge in [-0.05, 0) is 48.3 Å². The summed E-state index contributed by atoms with van der Waals surface area (Å²) in [5, 5.41) is 6.08. The first-order valence-electron chi connectivity index (χ1n) is 5.74. The zero-order chi connectivity index (χ0) is 12.9. The average Bonchev–Trinajstić information content (AvgIpc) is 2.27. The predicted molar refractivity (Wildman–Crippen MR) is 75.1 cm³/mol. The molecule has 1 aromatic carbocycles. The summed E-state index contributed by atoms with van der Waals surface area (Å²) >= 11 is 3.43.